The van der Waals surface area contributed by atoms with Crippen molar-refractivity contribution >= 4 is 11.9 Å². The molecule has 0 radical (unpaired) electrons. The van der Waals surface area contributed by atoms with Crippen molar-refractivity contribution in [1.29, 1.82) is 0 Å². The Morgan fingerprint density at radius 1 is 1.00 bits per heavy atom. The molecule has 29 heavy (non-hydrogen) atoms. The summed E-state index contributed by atoms with van der Waals surface area (Å²) in [6.07, 6.45) is 4.61. The molecule has 1 aliphatic heterocycles. The van der Waals surface area contributed by atoms with Crippen molar-refractivity contribution in [2.75, 3.05) is 6.54 Å². The molecule has 1 saturated heterocycles. The van der Waals surface area contributed by atoms with Crippen LogP contribution in [0.25, 0.3) is 0 Å². The van der Waals surface area contributed by atoms with Gasteiger partial charge in [0.15, 0.2) is 5.96 Å². The molecule has 0 aromatic heterocycles. The van der Waals surface area contributed by atoms with Gasteiger partial charge in [0.2, 0.25) is 5.91 Å². The molecule has 2 atom stereocenters. The molecule has 1 heterocycles. The highest BCUT2D eigenvalue weighted by atomic mass is 19.1. The quantitative estimate of drug-likeness (QED) is 0.413. The lowest BCUT2D eigenvalue weighted by atomic mass is 9.82. The van der Waals surface area contributed by atoms with E-state index >= 15 is 0 Å². The zero-order valence-corrected chi connectivity index (χ0v) is 17.7. The standard InChI is InChI=1S/C21H37F2N5O/c1-13(2)12-24-21(26-20(29)15-5-9-17(23)10-6-15)25-19-11-18(27-28-19)14-3-7-16(22)8-4-14/h13-19,27-28H,3-12H2,1-2H3,(H2,24,25,26,29). The number of hydrogen-bond acceptors (Lipinski definition) is 4. The van der Waals surface area contributed by atoms with E-state index in [4.69, 9.17) is 0 Å². The second-order valence-electron chi connectivity index (χ2n) is 9.36. The number of alkyl halides is 2. The number of nitrogens with zero attached hydrogens (tertiary/aromatic N) is 1. The second kappa shape index (κ2) is 10.7. The SMILES string of the molecule is CC(C)CN=C(NC(=O)C1CCC(F)CC1)NC1CC(C2CCC(F)CC2)NN1. The Balaban J connectivity index is 1.52. The van der Waals surface area contributed by atoms with Crippen LogP contribution >= 0.6 is 0 Å². The molecule has 166 valence electrons. The fourth-order valence-electron chi connectivity index (χ4n) is 4.56. The van der Waals surface area contributed by atoms with E-state index < -0.39 is 12.3 Å². The van der Waals surface area contributed by atoms with Crippen LogP contribution in [0.3, 0.4) is 0 Å². The first-order valence-electron chi connectivity index (χ1n) is 11.3. The molecule has 6 nitrogen and oxygen atoms in total. The Bertz CT molecular complexity index is 557. The van der Waals surface area contributed by atoms with E-state index in [2.05, 4.69) is 40.3 Å². The minimum absolute atomic E-state index is 0.0455. The van der Waals surface area contributed by atoms with Crippen LogP contribution in [-0.4, -0.2) is 43.0 Å². The van der Waals surface area contributed by atoms with Crippen molar-refractivity contribution < 1.29 is 13.6 Å². The van der Waals surface area contributed by atoms with E-state index in [1.807, 2.05) is 0 Å². The van der Waals surface area contributed by atoms with Crippen LogP contribution in [0, 0.1) is 17.8 Å². The number of rotatable bonds is 5. The van der Waals surface area contributed by atoms with E-state index in [-0.39, 0.29) is 18.0 Å². The van der Waals surface area contributed by atoms with Crippen molar-refractivity contribution in [3.63, 3.8) is 0 Å². The zero-order valence-electron chi connectivity index (χ0n) is 17.7. The van der Waals surface area contributed by atoms with E-state index in [9.17, 15) is 13.6 Å². The molecule has 0 aromatic carbocycles. The van der Waals surface area contributed by atoms with Crippen LogP contribution in [0.5, 0.6) is 0 Å². The monoisotopic (exact) mass is 413 g/mol. The van der Waals surface area contributed by atoms with Crippen LogP contribution in [0.4, 0.5) is 8.78 Å². The van der Waals surface area contributed by atoms with Crippen molar-refractivity contribution in [3.05, 3.63) is 0 Å². The van der Waals surface area contributed by atoms with Crippen LogP contribution < -0.4 is 21.5 Å². The summed E-state index contributed by atoms with van der Waals surface area (Å²) < 4.78 is 26.8. The Kier molecular flexibility index (Phi) is 8.24. The van der Waals surface area contributed by atoms with Crippen molar-refractivity contribution in [2.45, 2.75) is 96.2 Å². The van der Waals surface area contributed by atoms with Gasteiger partial charge in [-0.1, -0.05) is 13.8 Å². The lowest BCUT2D eigenvalue weighted by Gasteiger charge is -2.28. The molecule has 2 aliphatic carbocycles. The summed E-state index contributed by atoms with van der Waals surface area (Å²) in [5, 5.41) is 6.27. The van der Waals surface area contributed by atoms with Crippen LogP contribution in [0.2, 0.25) is 0 Å². The highest BCUT2D eigenvalue weighted by Gasteiger charge is 2.34. The van der Waals surface area contributed by atoms with Crippen LogP contribution in [0.15, 0.2) is 4.99 Å². The molecule has 0 aromatic rings. The summed E-state index contributed by atoms with van der Waals surface area (Å²) in [6, 6.07) is 0.293. The lowest BCUT2D eigenvalue weighted by Crippen LogP contribution is -2.52. The minimum atomic E-state index is -0.774. The highest BCUT2D eigenvalue weighted by Crippen LogP contribution is 2.31. The number of guanidine groups is 1. The predicted octanol–water partition coefficient (Wildman–Crippen LogP) is 2.95. The number of nitrogens with one attached hydrogen (secondary N) is 4. The van der Waals surface area contributed by atoms with Crippen LogP contribution in [0.1, 0.15) is 71.6 Å². The molecule has 3 aliphatic rings. The molecule has 3 rings (SSSR count). The van der Waals surface area contributed by atoms with Gasteiger partial charge >= 0.3 is 0 Å². The maximum atomic E-state index is 13.4. The summed E-state index contributed by atoms with van der Waals surface area (Å²) in [5.41, 5.74) is 6.59. The molecule has 0 spiro atoms. The zero-order chi connectivity index (χ0) is 20.8. The number of amides is 1. The third kappa shape index (κ3) is 6.88. The van der Waals surface area contributed by atoms with Crippen molar-refractivity contribution in [3.8, 4) is 0 Å². The van der Waals surface area contributed by atoms with Gasteiger partial charge in [0.05, 0.1) is 6.17 Å². The van der Waals surface area contributed by atoms with Crippen molar-refractivity contribution in [2.24, 2.45) is 22.7 Å². The Morgan fingerprint density at radius 2 is 1.62 bits per heavy atom. The third-order valence-corrected chi connectivity index (χ3v) is 6.40. The van der Waals surface area contributed by atoms with Crippen molar-refractivity contribution in [1.82, 2.24) is 21.5 Å². The van der Waals surface area contributed by atoms with E-state index in [0.29, 0.717) is 68.9 Å². The molecule has 2 unspecified atom stereocenters. The summed E-state index contributed by atoms with van der Waals surface area (Å²) in [5.74, 6) is 1.12. The van der Waals surface area contributed by atoms with Gasteiger partial charge in [0, 0.05) is 18.5 Å². The normalized spacial score (nSPS) is 36.2. The lowest BCUT2D eigenvalue weighted by molar-refractivity contribution is -0.124. The Labute approximate surface area is 173 Å². The maximum absolute atomic E-state index is 13.4. The minimum Gasteiger partial charge on any atom is -0.339 e. The number of carbonyl (C=O) groups is 1. The number of hydrogen-bond donors (Lipinski definition) is 4. The average Bonchev–Trinajstić information content (AvgIpc) is 3.15. The largest absolute Gasteiger partial charge is 0.339 e. The number of carbonyl (C=O) groups excluding carboxylic acids is 1. The smallest absolute Gasteiger partial charge is 0.229 e. The van der Waals surface area contributed by atoms with Gasteiger partial charge in [0.25, 0.3) is 0 Å². The number of hydrazine groups is 1. The topological polar surface area (TPSA) is 77.5 Å². The molecule has 3 fully saturated rings. The fourth-order valence-corrected chi connectivity index (χ4v) is 4.56. The molecular weight excluding hydrogens is 376 g/mol. The summed E-state index contributed by atoms with van der Waals surface area (Å²) >= 11 is 0. The molecule has 4 N–H and O–H groups in total. The molecule has 8 heteroatoms. The third-order valence-electron chi connectivity index (χ3n) is 6.40. The van der Waals surface area contributed by atoms with Gasteiger partial charge in [-0.2, -0.15) is 0 Å². The average molecular weight is 414 g/mol. The first kappa shape index (κ1) is 22.4. The maximum Gasteiger partial charge on any atom is 0.229 e. The van der Waals surface area contributed by atoms with Gasteiger partial charge < -0.3 is 5.32 Å². The number of aliphatic imine (C=N–C) groups is 1. The Hall–Kier alpha value is -1.28. The number of halogens is 2. The summed E-state index contributed by atoms with van der Waals surface area (Å²) in [4.78, 5) is 17.2. The van der Waals surface area contributed by atoms with Gasteiger partial charge in [-0.25, -0.2) is 14.2 Å². The van der Waals surface area contributed by atoms with E-state index in [1.165, 1.54) is 0 Å². The summed E-state index contributed by atoms with van der Waals surface area (Å²) in [7, 11) is 0. The highest BCUT2D eigenvalue weighted by molar-refractivity contribution is 5.98. The second-order valence-corrected chi connectivity index (χ2v) is 9.36. The van der Waals surface area contributed by atoms with E-state index in [0.717, 1.165) is 19.3 Å². The van der Waals surface area contributed by atoms with E-state index in [1.54, 1.807) is 0 Å². The Morgan fingerprint density at radius 3 is 2.24 bits per heavy atom. The van der Waals surface area contributed by atoms with Gasteiger partial charge in [0.1, 0.15) is 12.3 Å². The molecule has 0 bridgehead atoms. The first-order chi connectivity index (χ1) is 13.9. The predicted molar refractivity (Wildman–Crippen MR) is 111 cm³/mol. The first-order valence-corrected chi connectivity index (χ1v) is 11.3. The van der Waals surface area contributed by atoms with Gasteiger partial charge in [-0.15, -0.1) is 0 Å². The molecule has 1 amide bonds. The summed E-state index contributed by atoms with van der Waals surface area (Å²) in [6.45, 7) is 4.78. The molecule has 2 saturated carbocycles. The fraction of sp³-hybridized carbons (Fsp3) is 0.905. The molecular formula is C21H37F2N5O. The van der Waals surface area contributed by atoms with Gasteiger partial charge in [-0.05, 0) is 69.6 Å². The van der Waals surface area contributed by atoms with Gasteiger partial charge in [-0.3, -0.25) is 20.5 Å². The van der Waals surface area contributed by atoms with Crippen LogP contribution in [-0.2, 0) is 4.79 Å².